The van der Waals surface area contributed by atoms with Gasteiger partial charge in [0.1, 0.15) is 5.15 Å². The van der Waals surface area contributed by atoms with Gasteiger partial charge < -0.3 is 24.5 Å². The third kappa shape index (κ3) is 6.32. The maximum absolute atomic E-state index is 12.4. The molecule has 0 unspecified atom stereocenters. The van der Waals surface area contributed by atoms with Gasteiger partial charge in [0.2, 0.25) is 0 Å². The first-order chi connectivity index (χ1) is 18.9. The SMILES string of the molecule is C[C@H]1[C@@H](Cn2cnc(Cl)c2Cl)O[C@@H](c2ccc(CNC(=O)c3cccnc3)cc2)O[C@H]1c1ccc(CO)cc1. The summed E-state index contributed by atoms with van der Waals surface area (Å²) in [5.41, 5.74) is 4.12. The molecule has 0 saturated carbocycles. The van der Waals surface area contributed by atoms with Crippen molar-refractivity contribution >= 4 is 29.1 Å². The summed E-state index contributed by atoms with van der Waals surface area (Å²) in [7, 11) is 0. The summed E-state index contributed by atoms with van der Waals surface area (Å²) in [5.74, 6) is -0.211. The van der Waals surface area contributed by atoms with Crippen LogP contribution in [0.4, 0.5) is 0 Å². The molecule has 1 amide bonds. The van der Waals surface area contributed by atoms with Crippen LogP contribution in [0, 0.1) is 5.92 Å². The number of imidazole rings is 1. The number of benzene rings is 2. The monoisotopic (exact) mass is 566 g/mol. The number of nitrogens with one attached hydrogen (secondary N) is 1. The predicted octanol–water partition coefficient (Wildman–Crippen LogP) is 5.50. The van der Waals surface area contributed by atoms with Crippen molar-refractivity contribution in [3.63, 3.8) is 0 Å². The number of carbonyl (C=O) groups excluding carboxylic acids is 1. The molecule has 1 saturated heterocycles. The number of aliphatic hydroxyl groups excluding tert-OH is 1. The highest BCUT2D eigenvalue weighted by atomic mass is 35.5. The Balaban J connectivity index is 1.34. The molecule has 2 aromatic carbocycles. The first kappa shape index (κ1) is 27.3. The van der Waals surface area contributed by atoms with E-state index >= 15 is 0 Å². The predicted molar refractivity (Wildman–Crippen MR) is 147 cm³/mol. The number of carbonyl (C=O) groups is 1. The second-order valence-corrected chi connectivity index (χ2v) is 10.2. The average Bonchev–Trinajstić information content (AvgIpc) is 3.30. The smallest absolute Gasteiger partial charge is 0.253 e. The topological polar surface area (TPSA) is 98.5 Å². The molecule has 1 aliphatic rings. The van der Waals surface area contributed by atoms with E-state index in [-0.39, 0.29) is 35.8 Å². The van der Waals surface area contributed by atoms with E-state index in [1.54, 1.807) is 29.2 Å². The van der Waals surface area contributed by atoms with Gasteiger partial charge in [-0.3, -0.25) is 9.78 Å². The molecule has 5 rings (SSSR count). The van der Waals surface area contributed by atoms with Crippen molar-refractivity contribution in [2.75, 3.05) is 0 Å². The van der Waals surface area contributed by atoms with E-state index in [0.29, 0.717) is 23.8 Å². The lowest BCUT2D eigenvalue weighted by Crippen LogP contribution is -2.39. The lowest BCUT2D eigenvalue weighted by molar-refractivity contribution is -0.276. The van der Waals surface area contributed by atoms with Crippen molar-refractivity contribution < 1.29 is 19.4 Å². The summed E-state index contributed by atoms with van der Waals surface area (Å²) < 4.78 is 14.7. The third-order valence-electron chi connectivity index (χ3n) is 6.86. The molecule has 2 N–H and O–H groups in total. The van der Waals surface area contributed by atoms with Crippen molar-refractivity contribution in [3.05, 3.63) is 118 Å². The van der Waals surface area contributed by atoms with Gasteiger partial charge in [-0.2, -0.15) is 0 Å². The maximum Gasteiger partial charge on any atom is 0.253 e. The van der Waals surface area contributed by atoms with Gasteiger partial charge in [-0.1, -0.05) is 78.7 Å². The standard InChI is InChI=1S/C29H28Cl2N4O4/c1-18-24(15-35-17-34-26(30)27(35)31)38-29(39-25(18)21-8-6-20(16-36)7-9-21)22-10-4-19(5-11-22)13-33-28(37)23-3-2-12-32-14-23/h2-12,14,17-18,24-25,29,36H,13,15-16H2,1H3,(H,33,37)/t18-,24+,25+,29+/m0/s1. The summed E-state index contributed by atoms with van der Waals surface area (Å²) in [6.07, 6.45) is 3.61. The van der Waals surface area contributed by atoms with E-state index < -0.39 is 6.29 Å². The molecule has 0 bridgehead atoms. The average molecular weight is 567 g/mol. The zero-order valence-electron chi connectivity index (χ0n) is 21.2. The van der Waals surface area contributed by atoms with Crippen LogP contribution in [-0.4, -0.2) is 31.7 Å². The van der Waals surface area contributed by atoms with E-state index in [9.17, 15) is 9.90 Å². The Labute approximate surface area is 236 Å². The number of aromatic nitrogens is 3. The van der Waals surface area contributed by atoms with Crippen LogP contribution in [0.3, 0.4) is 0 Å². The van der Waals surface area contributed by atoms with Crippen LogP contribution >= 0.6 is 23.2 Å². The highest BCUT2D eigenvalue weighted by Crippen LogP contribution is 2.42. The van der Waals surface area contributed by atoms with Crippen LogP contribution in [0.1, 0.15) is 51.9 Å². The van der Waals surface area contributed by atoms with Crippen LogP contribution in [0.15, 0.2) is 79.4 Å². The van der Waals surface area contributed by atoms with Gasteiger partial charge in [-0.25, -0.2) is 4.98 Å². The number of nitrogens with zero attached hydrogens (tertiary/aromatic N) is 3. The number of hydrogen-bond donors (Lipinski definition) is 2. The minimum absolute atomic E-state index is 0.0232. The number of amides is 1. The normalized spacial score (nSPS) is 21.0. The quantitative estimate of drug-likeness (QED) is 0.292. The molecular formula is C29H28Cl2N4O4. The Morgan fingerprint density at radius 1 is 1.03 bits per heavy atom. The largest absolute Gasteiger partial charge is 0.392 e. The first-order valence-electron chi connectivity index (χ1n) is 12.6. The zero-order chi connectivity index (χ0) is 27.4. The molecular weight excluding hydrogens is 539 g/mol. The lowest BCUT2D eigenvalue weighted by Gasteiger charge is -2.41. The molecule has 10 heteroatoms. The van der Waals surface area contributed by atoms with Crippen molar-refractivity contribution in [2.24, 2.45) is 5.92 Å². The molecule has 0 spiro atoms. The molecule has 0 radical (unpaired) electrons. The third-order valence-corrected chi connectivity index (χ3v) is 7.63. The second kappa shape index (κ2) is 12.3. The lowest BCUT2D eigenvalue weighted by atomic mass is 9.90. The minimum Gasteiger partial charge on any atom is -0.392 e. The van der Waals surface area contributed by atoms with Crippen molar-refractivity contribution in [1.29, 1.82) is 0 Å². The van der Waals surface area contributed by atoms with E-state index in [4.69, 9.17) is 32.7 Å². The number of aliphatic hydroxyl groups is 1. The Kier molecular flexibility index (Phi) is 8.60. The molecule has 0 aliphatic carbocycles. The first-order valence-corrected chi connectivity index (χ1v) is 13.3. The molecule has 2 aromatic heterocycles. The molecule has 4 atom stereocenters. The summed E-state index contributed by atoms with van der Waals surface area (Å²) in [5, 5.41) is 13.0. The van der Waals surface area contributed by atoms with Crippen LogP contribution < -0.4 is 5.32 Å². The highest BCUT2D eigenvalue weighted by Gasteiger charge is 2.38. The van der Waals surface area contributed by atoms with Gasteiger partial charge in [-0.15, -0.1) is 0 Å². The van der Waals surface area contributed by atoms with Gasteiger partial charge in [0.25, 0.3) is 5.91 Å². The van der Waals surface area contributed by atoms with Crippen LogP contribution in [0.25, 0.3) is 0 Å². The molecule has 39 heavy (non-hydrogen) atoms. The Morgan fingerprint density at radius 3 is 2.38 bits per heavy atom. The second-order valence-electron chi connectivity index (χ2n) is 9.47. The molecule has 1 aliphatic heterocycles. The van der Waals surface area contributed by atoms with Crippen LogP contribution in [-0.2, 0) is 29.2 Å². The van der Waals surface area contributed by atoms with Gasteiger partial charge >= 0.3 is 0 Å². The molecule has 8 nitrogen and oxygen atoms in total. The van der Waals surface area contributed by atoms with E-state index in [0.717, 1.165) is 22.3 Å². The molecule has 1 fully saturated rings. The maximum atomic E-state index is 12.4. The summed E-state index contributed by atoms with van der Waals surface area (Å²) in [6, 6.07) is 18.9. The zero-order valence-corrected chi connectivity index (χ0v) is 22.7. The fourth-order valence-electron chi connectivity index (χ4n) is 4.57. The van der Waals surface area contributed by atoms with Gasteiger partial charge in [0.05, 0.1) is 37.3 Å². The Hall–Kier alpha value is -3.27. The number of halogens is 2. The van der Waals surface area contributed by atoms with E-state index in [1.807, 2.05) is 48.5 Å². The summed E-state index contributed by atoms with van der Waals surface area (Å²) in [4.78, 5) is 20.4. The number of pyridine rings is 1. The van der Waals surface area contributed by atoms with Crippen LogP contribution in [0.2, 0.25) is 10.3 Å². The molecule has 202 valence electrons. The van der Waals surface area contributed by atoms with Crippen molar-refractivity contribution in [3.8, 4) is 0 Å². The Bertz CT molecular complexity index is 1400. The number of hydrogen-bond acceptors (Lipinski definition) is 6. The Morgan fingerprint density at radius 2 is 1.74 bits per heavy atom. The van der Waals surface area contributed by atoms with E-state index in [2.05, 4.69) is 22.2 Å². The number of rotatable bonds is 8. The number of ether oxygens (including phenoxy) is 2. The van der Waals surface area contributed by atoms with Crippen molar-refractivity contribution in [1.82, 2.24) is 19.9 Å². The molecule has 3 heterocycles. The highest BCUT2D eigenvalue weighted by molar-refractivity contribution is 6.40. The summed E-state index contributed by atoms with van der Waals surface area (Å²) >= 11 is 12.4. The molecule has 4 aromatic rings. The van der Waals surface area contributed by atoms with Gasteiger partial charge in [-0.05, 0) is 28.8 Å². The van der Waals surface area contributed by atoms with Crippen molar-refractivity contribution in [2.45, 2.75) is 45.1 Å². The van der Waals surface area contributed by atoms with Gasteiger partial charge in [0, 0.05) is 30.4 Å². The summed E-state index contributed by atoms with van der Waals surface area (Å²) in [6.45, 7) is 2.87. The fraction of sp³-hybridized carbons (Fsp3) is 0.276. The minimum atomic E-state index is -0.634. The van der Waals surface area contributed by atoms with Gasteiger partial charge in [0.15, 0.2) is 11.4 Å². The fourth-order valence-corrected chi connectivity index (χ4v) is 4.88. The van der Waals surface area contributed by atoms with Crippen LogP contribution in [0.5, 0.6) is 0 Å². The van der Waals surface area contributed by atoms with E-state index in [1.165, 1.54) is 6.20 Å².